The normalized spacial score (nSPS) is 12.4. The summed E-state index contributed by atoms with van der Waals surface area (Å²) in [5.41, 5.74) is 9.17. The summed E-state index contributed by atoms with van der Waals surface area (Å²) >= 11 is 0. The second-order valence-corrected chi connectivity index (χ2v) is 7.36. The van der Waals surface area contributed by atoms with Gasteiger partial charge < -0.3 is 11.1 Å². The maximum absolute atomic E-state index is 12.2. The molecule has 1 aromatic rings. The van der Waals surface area contributed by atoms with E-state index in [1.807, 2.05) is 6.92 Å². The second-order valence-electron chi connectivity index (χ2n) is 7.36. The first-order valence-electron chi connectivity index (χ1n) is 8.76. The highest BCUT2D eigenvalue weighted by Gasteiger charge is 2.16. The number of nitrogens with one attached hydrogen (secondary N) is 1. The molecule has 0 aliphatic rings. The van der Waals surface area contributed by atoms with Crippen LogP contribution >= 0.6 is 12.4 Å². The molecule has 1 amide bonds. The smallest absolute Gasteiger partial charge is 0.220 e. The largest absolute Gasteiger partial charge is 0.352 e. The standard InChI is InChI=1S/C18H34N4O.ClH/c1-12(2)9-16(10-19)20-18(23)8-7-17-14(5)21-22(15(17)6)11-13(3)4;/h12-13,16H,7-11,19H2,1-6H3,(H,20,23);1H. The lowest BCUT2D eigenvalue weighted by Gasteiger charge is -2.18. The fraction of sp³-hybridized carbons (Fsp3) is 0.778. The number of nitrogens with zero attached hydrogens (tertiary/aromatic N) is 2. The Balaban J connectivity index is 0.00000529. The highest BCUT2D eigenvalue weighted by atomic mass is 35.5. The molecule has 3 N–H and O–H groups in total. The minimum atomic E-state index is 0. The fourth-order valence-electron chi connectivity index (χ4n) is 2.94. The van der Waals surface area contributed by atoms with E-state index >= 15 is 0 Å². The van der Waals surface area contributed by atoms with Crippen LogP contribution in [0.4, 0.5) is 0 Å². The van der Waals surface area contributed by atoms with Gasteiger partial charge in [0.1, 0.15) is 0 Å². The Bertz CT molecular complexity index is 511. The van der Waals surface area contributed by atoms with Crippen molar-refractivity contribution in [2.75, 3.05) is 6.54 Å². The van der Waals surface area contributed by atoms with E-state index in [-0.39, 0.29) is 24.4 Å². The zero-order valence-electron chi connectivity index (χ0n) is 16.1. The van der Waals surface area contributed by atoms with Crippen molar-refractivity contribution in [3.05, 3.63) is 17.0 Å². The maximum Gasteiger partial charge on any atom is 0.220 e. The third-order valence-electron chi connectivity index (χ3n) is 4.08. The number of aromatic nitrogens is 2. The predicted octanol–water partition coefficient (Wildman–Crippen LogP) is 3.00. The summed E-state index contributed by atoms with van der Waals surface area (Å²) in [5.74, 6) is 1.17. The number of nitrogens with two attached hydrogens (primary N) is 1. The Morgan fingerprint density at radius 3 is 2.33 bits per heavy atom. The molecule has 0 aliphatic heterocycles. The molecular formula is C18H35ClN4O. The summed E-state index contributed by atoms with van der Waals surface area (Å²) in [7, 11) is 0. The van der Waals surface area contributed by atoms with Gasteiger partial charge in [-0.15, -0.1) is 12.4 Å². The van der Waals surface area contributed by atoms with Crippen molar-refractivity contribution in [2.24, 2.45) is 17.6 Å². The lowest BCUT2D eigenvalue weighted by molar-refractivity contribution is -0.121. The number of carbonyl (C=O) groups excluding carboxylic acids is 1. The number of hydrogen-bond acceptors (Lipinski definition) is 3. The summed E-state index contributed by atoms with van der Waals surface area (Å²) in [6.07, 6.45) is 2.15. The molecule has 1 unspecified atom stereocenters. The zero-order chi connectivity index (χ0) is 17.6. The van der Waals surface area contributed by atoms with Gasteiger partial charge in [-0.2, -0.15) is 5.10 Å². The molecule has 5 nitrogen and oxygen atoms in total. The molecular weight excluding hydrogens is 324 g/mol. The Morgan fingerprint density at radius 2 is 1.83 bits per heavy atom. The molecule has 1 heterocycles. The van der Waals surface area contributed by atoms with Crippen LogP contribution in [0.25, 0.3) is 0 Å². The van der Waals surface area contributed by atoms with Crippen LogP contribution in [0, 0.1) is 25.7 Å². The molecule has 1 atom stereocenters. The molecule has 0 fully saturated rings. The van der Waals surface area contributed by atoms with Gasteiger partial charge in [-0.3, -0.25) is 9.48 Å². The molecule has 0 saturated carbocycles. The van der Waals surface area contributed by atoms with Crippen LogP contribution < -0.4 is 11.1 Å². The van der Waals surface area contributed by atoms with Crippen LogP contribution in [0.15, 0.2) is 0 Å². The molecule has 6 heteroatoms. The van der Waals surface area contributed by atoms with Crippen LogP contribution in [-0.4, -0.2) is 28.3 Å². The molecule has 0 saturated heterocycles. The van der Waals surface area contributed by atoms with E-state index in [9.17, 15) is 4.79 Å². The minimum absolute atomic E-state index is 0. The van der Waals surface area contributed by atoms with E-state index in [1.165, 1.54) is 11.3 Å². The first kappa shape index (κ1) is 22.9. The molecule has 0 bridgehead atoms. The van der Waals surface area contributed by atoms with E-state index in [2.05, 4.69) is 49.7 Å². The van der Waals surface area contributed by atoms with E-state index in [0.29, 0.717) is 24.8 Å². The van der Waals surface area contributed by atoms with Crippen LogP contribution in [0.3, 0.4) is 0 Å². The Kier molecular flexibility index (Phi) is 10.2. The lowest BCUT2D eigenvalue weighted by atomic mass is 10.0. The molecule has 140 valence electrons. The summed E-state index contributed by atoms with van der Waals surface area (Å²) in [6.45, 7) is 14.2. The van der Waals surface area contributed by atoms with Gasteiger partial charge in [-0.25, -0.2) is 0 Å². The zero-order valence-corrected chi connectivity index (χ0v) is 16.9. The molecule has 0 radical (unpaired) electrons. The first-order chi connectivity index (χ1) is 10.7. The van der Waals surface area contributed by atoms with E-state index < -0.39 is 0 Å². The van der Waals surface area contributed by atoms with Gasteiger partial charge in [0.2, 0.25) is 5.91 Å². The minimum Gasteiger partial charge on any atom is -0.352 e. The number of carbonyl (C=O) groups is 1. The number of amides is 1. The predicted molar refractivity (Wildman–Crippen MR) is 103 cm³/mol. The number of halogens is 1. The highest BCUT2D eigenvalue weighted by molar-refractivity contribution is 5.85. The Morgan fingerprint density at radius 1 is 1.21 bits per heavy atom. The fourth-order valence-corrected chi connectivity index (χ4v) is 2.94. The molecule has 0 aromatic carbocycles. The number of aryl methyl sites for hydroxylation is 1. The number of hydrogen-bond donors (Lipinski definition) is 2. The quantitative estimate of drug-likeness (QED) is 0.712. The van der Waals surface area contributed by atoms with Crippen LogP contribution in [0.5, 0.6) is 0 Å². The number of rotatable bonds is 9. The maximum atomic E-state index is 12.2. The van der Waals surface area contributed by atoms with Crippen LogP contribution in [0.1, 0.15) is 57.5 Å². The van der Waals surface area contributed by atoms with Gasteiger partial charge in [-0.1, -0.05) is 27.7 Å². The van der Waals surface area contributed by atoms with E-state index in [1.54, 1.807) is 0 Å². The summed E-state index contributed by atoms with van der Waals surface area (Å²) in [5, 5.41) is 7.66. The Labute approximate surface area is 153 Å². The van der Waals surface area contributed by atoms with Crippen molar-refractivity contribution in [1.29, 1.82) is 0 Å². The van der Waals surface area contributed by atoms with Gasteiger partial charge in [0.15, 0.2) is 0 Å². The summed E-state index contributed by atoms with van der Waals surface area (Å²) in [4.78, 5) is 12.2. The van der Waals surface area contributed by atoms with Crippen LogP contribution in [-0.2, 0) is 17.8 Å². The summed E-state index contributed by atoms with van der Waals surface area (Å²) < 4.78 is 2.06. The van der Waals surface area contributed by atoms with Crippen molar-refractivity contribution in [2.45, 2.75) is 73.4 Å². The van der Waals surface area contributed by atoms with Crippen molar-refractivity contribution < 1.29 is 4.79 Å². The van der Waals surface area contributed by atoms with Crippen molar-refractivity contribution >= 4 is 18.3 Å². The van der Waals surface area contributed by atoms with Gasteiger partial charge in [0, 0.05) is 31.2 Å². The molecule has 1 rings (SSSR count). The van der Waals surface area contributed by atoms with Gasteiger partial charge in [0.25, 0.3) is 0 Å². The van der Waals surface area contributed by atoms with E-state index in [0.717, 1.165) is 25.1 Å². The third-order valence-corrected chi connectivity index (χ3v) is 4.08. The van der Waals surface area contributed by atoms with Gasteiger partial charge in [0.05, 0.1) is 5.69 Å². The van der Waals surface area contributed by atoms with Crippen molar-refractivity contribution in [3.63, 3.8) is 0 Å². The molecule has 1 aromatic heterocycles. The Hall–Kier alpha value is -1.07. The van der Waals surface area contributed by atoms with Crippen LogP contribution in [0.2, 0.25) is 0 Å². The lowest BCUT2D eigenvalue weighted by Crippen LogP contribution is -2.41. The monoisotopic (exact) mass is 358 g/mol. The SMILES string of the molecule is Cc1nn(CC(C)C)c(C)c1CCC(=O)NC(CN)CC(C)C.Cl. The molecule has 0 aliphatic carbocycles. The summed E-state index contributed by atoms with van der Waals surface area (Å²) in [6, 6.07) is 0.0772. The van der Waals surface area contributed by atoms with Crippen molar-refractivity contribution in [3.8, 4) is 0 Å². The second kappa shape index (κ2) is 10.7. The highest BCUT2D eigenvalue weighted by Crippen LogP contribution is 2.16. The van der Waals surface area contributed by atoms with Crippen molar-refractivity contribution in [1.82, 2.24) is 15.1 Å². The molecule has 24 heavy (non-hydrogen) atoms. The first-order valence-corrected chi connectivity index (χ1v) is 8.76. The van der Waals surface area contributed by atoms with Gasteiger partial charge in [-0.05, 0) is 44.1 Å². The van der Waals surface area contributed by atoms with Gasteiger partial charge >= 0.3 is 0 Å². The van der Waals surface area contributed by atoms with E-state index in [4.69, 9.17) is 5.73 Å². The third kappa shape index (κ3) is 7.22. The topological polar surface area (TPSA) is 72.9 Å². The molecule has 0 spiro atoms. The average molecular weight is 359 g/mol. The average Bonchev–Trinajstić information content (AvgIpc) is 2.69.